The Labute approximate surface area is 125 Å². The fourth-order valence-corrected chi connectivity index (χ4v) is 2.29. The summed E-state index contributed by atoms with van der Waals surface area (Å²) in [4.78, 5) is 27.1. The molecule has 1 unspecified atom stereocenters. The molecule has 0 fully saturated rings. The van der Waals surface area contributed by atoms with Crippen molar-refractivity contribution in [3.63, 3.8) is 0 Å². The molecule has 0 bridgehead atoms. The number of ether oxygens (including phenoxy) is 2. The average Bonchev–Trinajstić information content (AvgIpc) is 2.63. The Morgan fingerprint density at radius 2 is 1.95 bits per heavy atom. The van der Waals surface area contributed by atoms with E-state index >= 15 is 0 Å². The van der Waals surface area contributed by atoms with Crippen LogP contribution in [0.1, 0.15) is 43.5 Å². The second kappa shape index (κ2) is 7.93. The molecule has 0 aliphatic carbocycles. The third-order valence-corrected chi connectivity index (χ3v) is 3.27. The lowest BCUT2D eigenvalue weighted by Gasteiger charge is -2.17. The number of aromatic nitrogens is 2. The summed E-state index contributed by atoms with van der Waals surface area (Å²) in [5, 5.41) is 0. The number of Topliss-reactive ketones (excluding diaryl/α,β-unsaturated/α-hetero) is 1. The predicted octanol–water partition coefficient (Wildman–Crippen LogP) is 1.91. The van der Waals surface area contributed by atoms with E-state index in [1.165, 1.54) is 0 Å². The highest BCUT2D eigenvalue weighted by Gasteiger charge is 2.15. The Balaban J connectivity index is 2.42. The highest BCUT2D eigenvalue weighted by atomic mass is 16.5. The molecule has 1 rings (SSSR count). The Kier molecular flexibility index (Phi) is 6.55. The molecule has 1 aromatic rings. The lowest BCUT2D eigenvalue weighted by molar-refractivity contribution is -0.146. The lowest BCUT2D eigenvalue weighted by atomic mass is 10.3. The third kappa shape index (κ3) is 4.97. The van der Waals surface area contributed by atoms with Crippen LogP contribution in [0.4, 0.5) is 0 Å². The van der Waals surface area contributed by atoms with Crippen molar-refractivity contribution < 1.29 is 19.1 Å². The van der Waals surface area contributed by atoms with E-state index in [4.69, 9.17) is 9.47 Å². The van der Waals surface area contributed by atoms with Crippen LogP contribution in [0.3, 0.4) is 0 Å². The van der Waals surface area contributed by atoms with Crippen molar-refractivity contribution in [3.8, 4) is 0 Å². The Bertz CT molecular complexity index is 508. The number of aryl methyl sites for hydroxylation is 2. The van der Waals surface area contributed by atoms with Crippen LogP contribution in [0.5, 0.6) is 0 Å². The summed E-state index contributed by atoms with van der Waals surface area (Å²) in [5.74, 6) is 0.158. The van der Waals surface area contributed by atoms with Crippen molar-refractivity contribution >= 4 is 11.8 Å². The smallest absolute Gasteiger partial charge is 0.313 e. The van der Waals surface area contributed by atoms with Crippen molar-refractivity contribution in [1.82, 2.24) is 9.55 Å². The molecule has 0 radical (unpaired) electrons. The number of rotatable bonds is 8. The first kappa shape index (κ1) is 17.4. The van der Waals surface area contributed by atoms with Gasteiger partial charge in [0.15, 0.2) is 5.78 Å². The van der Waals surface area contributed by atoms with Gasteiger partial charge in [-0.25, -0.2) is 4.98 Å². The van der Waals surface area contributed by atoms with Gasteiger partial charge < -0.3 is 14.0 Å². The minimum Gasteiger partial charge on any atom is -0.466 e. The number of nitrogens with zero attached hydrogens (tertiary/aromatic N) is 2. The minimum absolute atomic E-state index is 0.0745. The molecule has 0 saturated carbocycles. The Morgan fingerprint density at radius 1 is 1.29 bits per heavy atom. The van der Waals surface area contributed by atoms with Crippen molar-refractivity contribution in [2.24, 2.45) is 0 Å². The van der Waals surface area contributed by atoms with Gasteiger partial charge >= 0.3 is 5.97 Å². The molecule has 0 spiro atoms. The van der Waals surface area contributed by atoms with Gasteiger partial charge in [-0.05, 0) is 34.6 Å². The van der Waals surface area contributed by atoms with E-state index in [-0.39, 0.29) is 31.5 Å². The highest BCUT2D eigenvalue weighted by Crippen LogP contribution is 2.16. The number of imidazole rings is 1. The molecule has 0 amide bonds. The van der Waals surface area contributed by atoms with E-state index in [2.05, 4.69) is 9.55 Å². The van der Waals surface area contributed by atoms with Gasteiger partial charge in [0.25, 0.3) is 0 Å². The quantitative estimate of drug-likeness (QED) is 0.541. The third-order valence-electron chi connectivity index (χ3n) is 3.27. The van der Waals surface area contributed by atoms with Gasteiger partial charge in [0.05, 0.1) is 24.9 Å². The summed E-state index contributed by atoms with van der Waals surface area (Å²) in [6.45, 7) is 10.2. The summed E-state index contributed by atoms with van der Waals surface area (Å²) in [6.07, 6.45) is -0.232. The summed E-state index contributed by atoms with van der Waals surface area (Å²) in [7, 11) is 0. The molecular weight excluding hydrogens is 272 g/mol. The number of esters is 1. The van der Waals surface area contributed by atoms with Crippen molar-refractivity contribution in [3.05, 3.63) is 17.2 Å². The Hall–Kier alpha value is -1.69. The van der Waals surface area contributed by atoms with E-state index < -0.39 is 5.97 Å². The van der Waals surface area contributed by atoms with Crippen LogP contribution in [0.2, 0.25) is 0 Å². The standard InChI is InChI=1S/C15H24N2O4/c1-6-21-15(19)7-14(18)9-20-8-10(2)17-12(4)11(3)16-13(17)5/h10H,6-9H2,1-5H3. The molecule has 21 heavy (non-hydrogen) atoms. The maximum Gasteiger partial charge on any atom is 0.313 e. The topological polar surface area (TPSA) is 70.4 Å². The summed E-state index contributed by atoms with van der Waals surface area (Å²) in [5.41, 5.74) is 2.10. The average molecular weight is 296 g/mol. The molecule has 0 aliphatic rings. The van der Waals surface area contributed by atoms with Crippen molar-refractivity contribution in [2.45, 2.75) is 47.1 Å². The summed E-state index contributed by atoms with van der Waals surface area (Å²) in [6, 6.07) is 0.0848. The molecule has 1 aromatic heterocycles. The number of hydrogen-bond acceptors (Lipinski definition) is 5. The largest absolute Gasteiger partial charge is 0.466 e. The summed E-state index contributed by atoms with van der Waals surface area (Å²) >= 11 is 0. The molecule has 0 aliphatic heterocycles. The van der Waals surface area contributed by atoms with Gasteiger partial charge in [-0.15, -0.1) is 0 Å². The molecule has 1 heterocycles. The van der Waals surface area contributed by atoms with Gasteiger partial charge in [0, 0.05) is 5.69 Å². The number of ketones is 1. The SMILES string of the molecule is CCOC(=O)CC(=O)COCC(C)n1c(C)nc(C)c1C. The number of hydrogen-bond donors (Lipinski definition) is 0. The molecule has 0 N–H and O–H groups in total. The monoisotopic (exact) mass is 296 g/mol. The first-order valence-corrected chi connectivity index (χ1v) is 7.13. The van der Waals surface area contributed by atoms with Crippen LogP contribution >= 0.6 is 0 Å². The minimum atomic E-state index is -0.504. The normalized spacial score (nSPS) is 12.2. The summed E-state index contributed by atoms with van der Waals surface area (Å²) < 4.78 is 12.2. The highest BCUT2D eigenvalue weighted by molar-refractivity contribution is 5.96. The zero-order valence-electron chi connectivity index (χ0n) is 13.4. The number of carbonyl (C=O) groups is 2. The van der Waals surface area contributed by atoms with Crippen LogP contribution < -0.4 is 0 Å². The predicted molar refractivity (Wildman–Crippen MR) is 78.2 cm³/mol. The number of carbonyl (C=O) groups excluding carboxylic acids is 2. The maximum atomic E-state index is 11.5. The van der Waals surface area contributed by atoms with Crippen LogP contribution in [-0.2, 0) is 19.1 Å². The van der Waals surface area contributed by atoms with Gasteiger partial charge in [-0.2, -0.15) is 0 Å². The molecule has 6 heteroatoms. The van der Waals surface area contributed by atoms with E-state index in [0.29, 0.717) is 6.61 Å². The zero-order chi connectivity index (χ0) is 16.0. The van der Waals surface area contributed by atoms with Gasteiger partial charge in [0.2, 0.25) is 0 Å². The van der Waals surface area contributed by atoms with Gasteiger partial charge in [-0.3, -0.25) is 9.59 Å². The van der Waals surface area contributed by atoms with Gasteiger partial charge in [-0.1, -0.05) is 0 Å². The van der Waals surface area contributed by atoms with Crippen molar-refractivity contribution in [1.29, 1.82) is 0 Å². The zero-order valence-corrected chi connectivity index (χ0v) is 13.4. The Morgan fingerprint density at radius 3 is 2.48 bits per heavy atom. The second-order valence-corrected chi connectivity index (χ2v) is 5.08. The molecule has 1 atom stereocenters. The fraction of sp³-hybridized carbons (Fsp3) is 0.667. The lowest BCUT2D eigenvalue weighted by Crippen LogP contribution is -2.20. The molecule has 0 aromatic carbocycles. The van der Waals surface area contributed by atoms with E-state index in [0.717, 1.165) is 17.2 Å². The molecular formula is C15H24N2O4. The molecule has 118 valence electrons. The first-order chi connectivity index (χ1) is 9.86. The molecule has 6 nitrogen and oxygen atoms in total. The van der Waals surface area contributed by atoms with Crippen LogP contribution in [0, 0.1) is 20.8 Å². The van der Waals surface area contributed by atoms with E-state index in [9.17, 15) is 9.59 Å². The van der Waals surface area contributed by atoms with Crippen LogP contribution in [0.25, 0.3) is 0 Å². The molecule has 0 saturated heterocycles. The van der Waals surface area contributed by atoms with Crippen LogP contribution in [-0.4, -0.2) is 41.1 Å². The first-order valence-electron chi connectivity index (χ1n) is 7.13. The maximum absolute atomic E-state index is 11.5. The second-order valence-electron chi connectivity index (χ2n) is 5.08. The van der Waals surface area contributed by atoms with E-state index in [1.54, 1.807) is 6.92 Å². The fourth-order valence-electron chi connectivity index (χ4n) is 2.29. The van der Waals surface area contributed by atoms with Crippen molar-refractivity contribution in [2.75, 3.05) is 19.8 Å². The van der Waals surface area contributed by atoms with E-state index in [1.807, 2.05) is 27.7 Å². The van der Waals surface area contributed by atoms with Gasteiger partial charge in [0.1, 0.15) is 18.9 Å². The van der Waals surface area contributed by atoms with Crippen LogP contribution in [0.15, 0.2) is 0 Å².